The number of nitrogens with one attached hydrogen (secondary N) is 1. The number of carbonyl (C=O) groups excluding carboxylic acids is 2. The van der Waals surface area contributed by atoms with Gasteiger partial charge in [0.05, 0.1) is 0 Å². The first-order chi connectivity index (χ1) is 14.7. The molecule has 0 aromatic heterocycles. The SMILES string of the molecule is CCC(C(=O)NC(C)(C)C)N(CCc1ccccc1)C(=O)CCSc1ccc(C)cc1. The Balaban J connectivity index is 2.07. The molecule has 4 nitrogen and oxygen atoms in total. The minimum absolute atomic E-state index is 0.0338. The van der Waals surface area contributed by atoms with Crippen LogP contribution in [-0.4, -0.2) is 40.6 Å². The van der Waals surface area contributed by atoms with E-state index in [2.05, 4.69) is 48.6 Å². The van der Waals surface area contributed by atoms with Crippen molar-refractivity contribution in [3.63, 3.8) is 0 Å². The molecule has 0 saturated carbocycles. The number of hydrogen-bond donors (Lipinski definition) is 1. The summed E-state index contributed by atoms with van der Waals surface area (Å²) in [5.41, 5.74) is 2.06. The molecule has 0 spiro atoms. The van der Waals surface area contributed by atoms with E-state index in [0.29, 0.717) is 25.1 Å². The monoisotopic (exact) mass is 440 g/mol. The van der Waals surface area contributed by atoms with E-state index >= 15 is 0 Å². The Morgan fingerprint density at radius 1 is 1.03 bits per heavy atom. The van der Waals surface area contributed by atoms with Crippen molar-refractivity contribution < 1.29 is 9.59 Å². The molecule has 0 heterocycles. The molecule has 2 aromatic rings. The zero-order chi connectivity index (χ0) is 22.9. The highest BCUT2D eigenvalue weighted by Crippen LogP contribution is 2.20. The van der Waals surface area contributed by atoms with Crippen molar-refractivity contribution in [2.75, 3.05) is 12.3 Å². The van der Waals surface area contributed by atoms with Crippen LogP contribution in [0.25, 0.3) is 0 Å². The maximum Gasteiger partial charge on any atom is 0.243 e. The molecule has 0 aliphatic carbocycles. The van der Waals surface area contributed by atoms with Gasteiger partial charge in [0.15, 0.2) is 0 Å². The topological polar surface area (TPSA) is 49.4 Å². The summed E-state index contributed by atoms with van der Waals surface area (Å²) in [6.07, 6.45) is 1.73. The van der Waals surface area contributed by atoms with Crippen LogP contribution in [0.15, 0.2) is 59.5 Å². The molecule has 0 aliphatic heterocycles. The van der Waals surface area contributed by atoms with Crippen molar-refractivity contribution >= 4 is 23.6 Å². The molecule has 2 rings (SSSR count). The van der Waals surface area contributed by atoms with Gasteiger partial charge in [-0.1, -0.05) is 55.0 Å². The van der Waals surface area contributed by atoms with Gasteiger partial charge in [-0.15, -0.1) is 11.8 Å². The van der Waals surface area contributed by atoms with Gasteiger partial charge >= 0.3 is 0 Å². The number of amides is 2. The lowest BCUT2D eigenvalue weighted by atomic mass is 10.1. The van der Waals surface area contributed by atoms with Crippen molar-refractivity contribution in [3.05, 3.63) is 65.7 Å². The minimum atomic E-state index is -0.459. The predicted molar refractivity (Wildman–Crippen MR) is 130 cm³/mol. The molecule has 0 saturated heterocycles. The Morgan fingerprint density at radius 3 is 2.26 bits per heavy atom. The van der Waals surface area contributed by atoms with Crippen molar-refractivity contribution in [1.82, 2.24) is 10.2 Å². The van der Waals surface area contributed by atoms with Gasteiger partial charge in [0, 0.05) is 29.2 Å². The summed E-state index contributed by atoms with van der Waals surface area (Å²) in [5, 5.41) is 3.05. The van der Waals surface area contributed by atoms with Crippen LogP contribution in [0.4, 0.5) is 0 Å². The second-order valence-electron chi connectivity index (χ2n) is 8.90. The quantitative estimate of drug-likeness (QED) is 0.514. The van der Waals surface area contributed by atoms with Crippen LogP contribution in [-0.2, 0) is 16.0 Å². The Hall–Kier alpha value is -2.27. The number of carbonyl (C=O) groups is 2. The van der Waals surface area contributed by atoms with Crippen LogP contribution in [0.1, 0.15) is 51.7 Å². The fraction of sp³-hybridized carbons (Fsp3) is 0.462. The average molecular weight is 441 g/mol. The van der Waals surface area contributed by atoms with Crippen LogP contribution in [0.3, 0.4) is 0 Å². The van der Waals surface area contributed by atoms with Crippen molar-refractivity contribution in [2.24, 2.45) is 0 Å². The molecule has 0 bridgehead atoms. The molecule has 2 aromatic carbocycles. The highest BCUT2D eigenvalue weighted by Gasteiger charge is 2.30. The van der Waals surface area contributed by atoms with Gasteiger partial charge in [-0.25, -0.2) is 0 Å². The molecule has 1 unspecified atom stereocenters. The summed E-state index contributed by atoms with van der Waals surface area (Å²) in [6.45, 7) is 10.5. The average Bonchev–Trinajstić information content (AvgIpc) is 2.71. The maximum absolute atomic E-state index is 13.2. The molecule has 0 fully saturated rings. The van der Waals surface area contributed by atoms with Gasteiger partial charge in [0.2, 0.25) is 11.8 Å². The van der Waals surface area contributed by atoms with Gasteiger partial charge < -0.3 is 10.2 Å². The summed E-state index contributed by atoms with van der Waals surface area (Å²) < 4.78 is 0. The molecular formula is C26H36N2O2S. The Bertz CT molecular complexity index is 829. The lowest BCUT2D eigenvalue weighted by Gasteiger charge is -2.33. The first-order valence-corrected chi connectivity index (χ1v) is 12.0. The minimum Gasteiger partial charge on any atom is -0.350 e. The third kappa shape index (κ3) is 8.78. The molecule has 1 atom stereocenters. The van der Waals surface area contributed by atoms with Crippen molar-refractivity contribution in [2.45, 2.75) is 70.4 Å². The van der Waals surface area contributed by atoms with Crippen molar-refractivity contribution in [3.8, 4) is 0 Å². The van der Waals surface area contributed by atoms with E-state index in [1.165, 1.54) is 11.1 Å². The van der Waals surface area contributed by atoms with Crippen LogP contribution in [0.2, 0.25) is 0 Å². The lowest BCUT2D eigenvalue weighted by Crippen LogP contribution is -2.54. The summed E-state index contributed by atoms with van der Waals surface area (Å²) in [7, 11) is 0. The summed E-state index contributed by atoms with van der Waals surface area (Å²) in [5.74, 6) is 0.648. The van der Waals surface area contributed by atoms with Gasteiger partial charge in [0.25, 0.3) is 0 Å². The van der Waals surface area contributed by atoms with Gasteiger partial charge in [-0.3, -0.25) is 9.59 Å². The Labute approximate surface area is 191 Å². The van der Waals surface area contributed by atoms with Gasteiger partial charge in [-0.05, 0) is 58.2 Å². The number of hydrogen-bond acceptors (Lipinski definition) is 3. The molecule has 0 aliphatic rings. The Morgan fingerprint density at radius 2 is 1.68 bits per heavy atom. The fourth-order valence-electron chi connectivity index (χ4n) is 3.38. The van der Waals surface area contributed by atoms with Crippen molar-refractivity contribution in [1.29, 1.82) is 0 Å². The normalized spacial score (nSPS) is 12.3. The second kappa shape index (κ2) is 11.9. The number of benzene rings is 2. The van der Waals surface area contributed by atoms with E-state index in [9.17, 15) is 9.59 Å². The molecule has 2 amide bonds. The summed E-state index contributed by atoms with van der Waals surface area (Å²) in [6, 6.07) is 18.0. The molecule has 1 N–H and O–H groups in total. The maximum atomic E-state index is 13.2. The smallest absolute Gasteiger partial charge is 0.243 e. The molecule has 168 valence electrons. The summed E-state index contributed by atoms with van der Waals surface area (Å²) >= 11 is 1.68. The van der Waals surface area contributed by atoms with E-state index in [0.717, 1.165) is 11.3 Å². The van der Waals surface area contributed by atoms with E-state index in [-0.39, 0.29) is 17.4 Å². The second-order valence-corrected chi connectivity index (χ2v) is 10.1. The highest BCUT2D eigenvalue weighted by molar-refractivity contribution is 7.99. The number of rotatable bonds is 10. The number of nitrogens with zero attached hydrogens (tertiary/aromatic N) is 1. The van der Waals surface area contributed by atoms with Crippen LogP contribution < -0.4 is 5.32 Å². The molecule has 31 heavy (non-hydrogen) atoms. The molecule has 0 radical (unpaired) electrons. The largest absolute Gasteiger partial charge is 0.350 e. The first-order valence-electron chi connectivity index (χ1n) is 11.0. The van der Waals surface area contributed by atoms with Crippen LogP contribution in [0, 0.1) is 6.92 Å². The summed E-state index contributed by atoms with van der Waals surface area (Å²) in [4.78, 5) is 29.1. The van der Waals surface area contributed by atoms with E-state index in [4.69, 9.17) is 0 Å². The molecule has 5 heteroatoms. The standard InChI is InChI=1S/C26H36N2O2S/c1-6-23(25(30)27-26(3,4)5)28(18-16-21-10-8-7-9-11-21)24(29)17-19-31-22-14-12-20(2)13-15-22/h7-15,23H,6,16-19H2,1-5H3,(H,27,30). The third-order valence-electron chi connectivity index (χ3n) is 4.97. The molecular weight excluding hydrogens is 404 g/mol. The first kappa shape index (κ1) is 25.0. The van der Waals surface area contributed by atoms with Gasteiger partial charge in [0.1, 0.15) is 6.04 Å². The van der Waals surface area contributed by atoms with Crippen LogP contribution >= 0.6 is 11.8 Å². The van der Waals surface area contributed by atoms with Gasteiger partial charge in [-0.2, -0.15) is 0 Å². The zero-order valence-electron chi connectivity index (χ0n) is 19.5. The zero-order valence-corrected chi connectivity index (χ0v) is 20.3. The van der Waals surface area contributed by atoms with E-state index < -0.39 is 6.04 Å². The predicted octanol–water partition coefficient (Wildman–Crippen LogP) is 5.24. The highest BCUT2D eigenvalue weighted by atomic mass is 32.2. The fourth-order valence-corrected chi connectivity index (χ4v) is 4.22. The van der Waals surface area contributed by atoms with E-state index in [1.807, 2.05) is 45.9 Å². The van der Waals surface area contributed by atoms with Crippen LogP contribution in [0.5, 0.6) is 0 Å². The lowest BCUT2D eigenvalue weighted by molar-refractivity contribution is -0.141. The number of aryl methyl sites for hydroxylation is 1. The third-order valence-corrected chi connectivity index (χ3v) is 5.99. The Kier molecular flexibility index (Phi) is 9.63. The number of thioether (sulfide) groups is 1. The van der Waals surface area contributed by atoms with E-state index in [1.54, 1.807) is 16.7 Å².